The normalized spacial score (nSPS) is 9.41. The van der Waals surface area contributed by atoms with Crippen molar-refractivity contribution in [1.82, 2.24) is 0 Å². The minimum Gasteiger partial charge on any atom is -0.494 e. The molecule has 0 unspecified atom stereocenters. The number of amides is 1. The van der Waals surface area contributed by atoms with Crippen LogP contribution < -0.4 is 15.4 Å². The summed E-state index contributed by atoms with van der Waals surface area (Å²) in [5.41, 5.74) is 5.76. The molecule has 0 saturated carbocycles. The minimum absolute atomic E-state index is 0. The second-order valence-electron chi connectivity index (χ2n) is 3.31. The van der Waals surface area contributed by atoms with Crippen LogP contribution in [0.5, 0.6) is 5.75 Å². The van der Waals surface area contributed by atoms with E-state index in [1.807, 2.05) is 0 Å². The topological polar surface area (TPSA) is 55.6 Å². The Morgan fingerprint density at radius 2 is 2.18 bits per heavy atom. The van der Waals surface area contributed by atoms with E-state index in [1.165, 1.54) is 24.1 Å². The molecule has 6 heteroatoms. The Balaban J connectivity index is 0.00000256. The van der Waals surface area contributed by atoms with Crippen molar-refractivity contribution in [2.75, 3.05) is 25.6 Å². The molecule has 1 aromatic carbocycles. The van der Waals surface area contributed by atoms with Gasteiger partial charge in [-0.1, -0.05) is 0 Å². The van der Waals surface area contributed by atoms with Gasteiger partial charge in [0, 0.05) is 31.8 Å². The Labute approximate surface area is 106 Å². The molecule has 0 aliphatic rings. The van der Waals surface area contributed by atoms with E-state index in [4.69, 9.17) is 10.5 Å². The van der Waals surface area contributed by atoms with Crippen LogP contribution in [0, 0.1) is 5.82 Å². The maximum Gasteiger partial charge on any atom is 0.227 e. The third kappa shape index (κ3) is 3.87. The summed E-state index contributed by atoms with van der Waals surface area (Å²) in [6, 6.07) is 4.36. The van der Waals surface area contributed by atoms with E-state index in [0.29, 0.717) is 5.69 Å². The lowest BCUT2D eigenvalue weighted by Crippen LogP contribution is -2.28. The average Bonchev–Trinajstić information content (AvgIpc) is 2.28. The Kier molecular flexibility index (Phi) is 6.53. The molecular formula is C11H16ClFN2O2. The van der Waals surface area contributed by atoms with Crippen LogP contribution in [0.25, 0.3) is 0 Å². The lowest BCUT2D eigenvalue weighted by Gasteiger charge is -2.17. The van der Waals surface area contributed by atoms with Crippen LogP contribution in [0.15, 0.2) is 18.2 Å². The Morgan fingerprint density at radius 1 is 1.53 bits per heavy atom. The zero-order valence-electron chi connectivity index (χ0n) is 9.77. The summed E-state index contributed by atoms with van der Waals surface area (Å²) < 4.78 is 18.2. The van der Waals surface area contributed by atoms with Gasteiger partial charge in [0.05, 0.1) is 7.11 Å². The molecule has 17 heavy (non-hydrogen) atoms. The summed E-state index contributed by atoms with van der Waals surface area (Å²) in [6.45, 7) is 0.280. The average molecular weight is 263 g/mol. The van der Waals surface area contributed by atoms with Gasteiger partial charge in [0.15, 0.2) is 11.6 Å². The Bertz CT molecular complexity index is 388. The number of carbonyl (C=O) groups excluding carboxylic acids is 1. The van der Waals surface area contributed by atoms with Crippen molar-refractivity contribution < 1.29 is 13.9 Å². The molecule has 0 fully saturated rings. The van der Waals surface area contributed by atoms with Gasteiger partial charge in [-0.3, -0.25) is 4.79 Å². The first kappa shape index (κ1) is 15.7. The molecular weight excluding hydrogens is 247 g/mol. The van der Waals surface area contributed by atoms with E-state index in [2.05, 4.69) is 0 Å². The number of anilines is 1. The predicted octanol–water partition coefficient (Wildman–Crippen LogP) is 1.57. The summed E-state index contributed by atoms with van der Waals surface area (Å²) in [5.74, 6) is -0.483. The summed E-state index contributed by atoms with van der Waals surface area (Å²) in [6.07, 6.45) is 0.240. The molecule has 2 N–H and O–H groups in total. The maximum atomic E-state index is 13.4. The monoisotopic (exact) mass is 262 g/mol. The highest BCUT2D eigenvalue weighted by molar-refractivity contribution is 5.92. The summed E-state index contributed by atoms with van der Waals surface area (Å²) >= 11 is 0. The van der Waals surface area contributed by atoms with E-state index in [9.17, 15) is 9.18 Å². The predicted molar refractivity (Wildman–Crippen MR) is 67.3 cm³/mol. The summed E-state index contributed by atoms with van der Waals surface area (Å²) in [5, 5.41) is 0. The second kappa shape index (κ2) is 7.09. The van der Waals surface area contributed by atoms with Crippen molar-refractivity contribution >= 4 is 24.0 Å². The van der Waals surface area contributed by atoms with Crippen LogP contribution in [0.2, 0.25) is 0 Å². The van der Waals surface area contributed by atoms with Gasteiger partial charge in [-0.25, -0.2) is 4.39 Å². The van der Waals surface area contributed by atoms with Crippen molar-refractivity contribution in [1.29, 1.82) is 0 Å². The molecule has 0 aliphatic heterocycles. The largest absolute Gasteiger partial charge is 0.494 e. The number of benzene rings is 1. The fraction of sp³-hybridized carbons (Fsp3) is 0.364. The van der Waals surface area contributed by atoms with Crippen LogP contribution in [0.1, 0.15) is 6.42 Å². The number of carbonyl (C=O) groups is 1. The third-order valence-electron chi connectivity index (χ3n) is 2.25. The highest BCUT2D eigenvalue weighted by Gasteiger charge is 2.12. The number of hydrogen-bond donors (Lipinski definition) is 1. The SMILES string of the molecule is COc1ccc(N(C)C(=O)CCN)cc1F.Cl. The summed E-state index contributed by atoms with van der Waals surface area (Å²) in [7, 11) is 2.97. The van der Waals surface area contributed by atoms with Crippen molar-refractivity contribution in [3.8, 4) is 5.75 Å². The first-order chi connectivity index (χ1) is 7.60. The van der Waals surface area contributed by atoms with Gasteiger partial charge in [-0.05, 0) is 12.1 Å². The van der Waals surface area contributed by atoms with E-state index in [0.717, 1.165) is 0 Å². The molecule has 1 rings (SSSR count). The number of nitrogens with zero attached hydrogens (tertiary/aromatic N) is 1. The molecule has 0 saturated heterocycles. The lowest BCUT2D eigenvalue weighted by molar-refractivity contribution is -0.118. The molecule has 0 spiro atoms. The van der Waals surface area contributed by atoms with E-state index in [1.54, 1.807) is 13.1 Å². The molecule has 0 aromatic heterocycles. The third-order valence-corrected chi connectivity index (χ3v) is 2.25. The number of nitrogens with two attached hydrogens (primary N) is 1. The van der Waals surface area contributed by atoms with Crippen molar-refractivity contribution in [3.63, 3.8) is 0 Å². The van der Waals surface area contributed by atoms with Crippen LogP contribution >= 0.6 is 12.4 Å². The van der Waals surface area contributed by atoms with E-state index in [-0.39, 0.29) is 37.0 Å². The van der Waals surface area contributed by atoms with Crippen molar-refractivity contribution in [2.45, 2.75) is 6.42 Å². The van der Waals surface area contributed by atoms with Crippen molar-refractivity contribution in [2.24, 2.45) is 5.73 Å². The van der Waals surface area contributed by atoms with Gasteiger partial charge in [0.25, 0.3) is 0 Å². The zero-order chi connectivity index (χ0) is 12.1. The first-order valence-corrected chi connectivity index (χ1v) is 4.90. The molecule has 1 aromatic rings. The number of hydrogen-bond acceptors (Lipinski definition) is 3. The van der Waals surface area contributed by atoms with Crippen LogP contribution in [-0.4, -0.2) is 26.6 Å². The van der Waals surface area contributed by atoms with Gasteiger partial charge in [0.1, 0.15) is 0 Å². The van der Waals surface area contributed by atoms with E-state index < -0.39 is 5.82 Å². The maximum absolute atomic E-state index is 13.4. The van der Waals surface area contributed by atoms with Crippen LogP contribution in [-0.2, 0) is 4.79 Å². The summed E-state index contributed by atoms with van der Waals surface area (Å²) in [4.78, 5) is 12.9. The molecule has 0 bridgehead atoms. The van der Waals surface area contributed by atoms with Gasteiger partial charge in [-0.2, -0.15) is 0 Å². The second-order valence-corrected chi connectivity index (χ2v) is 3.31. The van der Waals surface area contributed by atoms with Gasteiger partial charge >= 0.3 is 0 Å². The molecule has 4 nitrogen and oxygen atoms in total. The number of ether oxygens (including phenoxy) is 1. The van der Waals surface area contributed by atoms with Gasteiger partial charge < -0.3 is 15.4 Å². The molecule has 0 heterocycles. The number of rotatable bonds is 4. The molecule has 0 aliphatic carbocycles. The van der Waals surface area contributed by atoms with Gasteiger partial charge in [0.2, 0.25) is 5.91 Å². The highest BCUT2D eigenvalue weighted by Crippen LogP contribution is 2.22. The van der Waals surface area contributed by atoms with Gasteiger partial charge in [-0.15, -0.1) is 12.4 Å². The fourth-order valence-corrected chi connectivity index (χ4v) is 1.30. The zero-order valence-corrected chi connectivity index (χ0v) is 10.6. The quantitative estimate of drug-likeness (QED) is 0.896. The highest BCUT2D eigenvalue weighted by atomic mass is 35.5. The van der Waals surface area contributed by atoms with Crippen LogP contribution in [0.4, 0.5) is 10.1 Å². The Hall–Kier alpha value is -1.33. The standard InChI is InChI=1S/C11H15FN2O2.ClH/c1-14(11(15)5-6-13)8-3-4-10(16-2)9(12)7-8;/h3-4,7H,5-6,13H2,1-2H3;1H. The minimum atomic E-state index is -0.493. The molecule has 0 atom stereocenters. The fourth-order valence-electron chi connectivity index (χ4n) is 1.30. The molecule has 1 amide bonds. The van der Waals surface area contributed by atoms with Crippen molar-refractivity contribution in [3.05, 3.63) is 24.0 Å². The molecule has 96 valence electrons. The lowest BCUT2D eigenvalue weighted by atomic mass is 10.2. The molecule has 0 radical (unpaired) electrons. The first-order valence-electron chi connectivity index (χ1n) is 4.90. The van der Waals surface area contributed by atoms with Crippen LogP contribution in [0.3, 0.4) is 0 Å². The number of halogens is 2. The Morgan fingerprint density at radius 3 is 2.65 bits per heavy atom. The van der Waals surface area contributed by atoms with E-state index >= 15 is 0 Å². The smallest absolute Gasteiger partial charge is 0.227 e. The number of methoxy groups -OCH3 is 1.